The molecule has 6 atom stereocenters. The Morgan fingerprint density at radius 3 is 2.35 bits per heavy atom. The Morgan fingerprint density at radius 2 is 1.63 bits per heavy atom. The van der Waals surface area contributed by atoms with Crippen molar-refractivity contribution in [1.29, 1.82) is 0 Å². The fourth-order valence-corrected chi connectivity index (χ4v) is 6.88. The first-order chi connectivity index (χ1) is 22.4. The van der Waals surface area contributed by atoms with Crippen LogP contribution >= 0.6 is 0 Å². The van der Waals surface area contributed by atoms with Gasteiger partial charge in [-0.3, -0.25) is 4.79 Å². The van der Waals surface area contributed by atoms with Gasteiger partial charge >= 0.3 is 12.2 Å². The molecule has 10 nitrogen and oxygen atoms in total. The summed E-state index contributed by atoms with van der Waals surface area (Å²) < 4.78 is 16.3. The van der Waals surface area contributed by atoms with Crippen LogP contribution in [0, 0.1) is 0 Å². The van der Waals surface area contributed by atoms with E-state index in [4.69, 9.17) is 14.2 Å². The second-order valence-electron chi connectivity index (χ2n) is 12.0. The van der Waals surface area contributed by atoms with Crippen LogP contribution in [0.5, 0.6) is 0 Å². The second kappa shape index (κ2) is 13.8. The zero-order valence-electron chi connectivity index (χ0n) is 25.7. The number of hydrogen-bond acceptors (Lipinski definition) is 8. The third-order valence-corrected chi connectivity index (χ3v) is 9.01. The highest BCUT2D eigenvalue weighted by molar-refractivity contribution is 6.07. The van der Waals surface area contributed by atoms with E-state index in [1.807, 2.05) is 91.9 Å². The highest BCUT2D eigenvalue weighted by atomic mass is 16.6. The lowest BCUT2D eigenvalue weighted by molar-refractivity contribution is -0.122. The topological polar surface area (TPSA) is 135 Å². The second-order valence-corrected chi connectivity index (χ2v) is 12.0. The number of nitrogens with one attached hydrogen (secondary N) is 3. The van der Waals surface area contributed by atoms with Crippen molar-refractivity contribution in [3.8, 4) is 0 Å². The van der Waals surface area contributed by atoms with Crippen LogP contribution in [0.4, 0.5) is 9.59 Å². The first-order valence-electron chi connectivity index (χ1n) is 15.7. The monoisotopic (exact) mass is 625 g/mol. The zero-order valence-corrected chi connectivity index (χ0v) is 25.7. The van der Waals surface area contributed by atoms with Crippen molar-refractivity contribution in [2.24, 2.45) is 0 Å². The maximum absolute atomic E-state index is 14.7. The summed E-state index contributed by atoms with van der Waals surface area (Å²) in [7, 11) is 0. The number of rotatable bonds is 13. The largest absolute Gasteiger partial charge is 0.447 e. The number of amides is 2. The van der Waals surface area contributed by atoms with Gasteiger partial charge in [0.1, 0.15) is 18.2 Å². The van der Waals surface area contributed by atoms with Crippen LogP contribution in [-0.2, 0) is 31.8 Å². The van der Waals surface area contributed by atoms with Crippen LogP contribution in [0.15, 0.2) is 96.7 Å². The number of aliphatic hydroxyl groups excluding tert-OH is 1. The predicted molar refractivity (Wildman–Crippen MR) is 170 cm³/mol. The number of carbonyl (C=O) groups is 3. The summed E-state index contributed by atoms with van der Waals surface area (Å²) in [6, 6.07) is 25.8. The Bertz CT molecular complexity index is 1580. The van der Waals surface area contributed by atoms with Crippen molar-refractivity contribution in [1.82, 2.24) is 16.0 Å². The number of Topliss-reactive ketones (excluding diaryl/α,β-unsaturated/α-hetero) is 1. The van der Waals surface area contributed by atoms with E-state index >= 15 is 0 Å². The molecule has 240 valence electrons. The fraction of sp³-hybridized carbons (Fsp3) is 0.361. The summed E-state index contributed by atoms with van der Waals surface area (Å²) in [6.07, 6.45) is -0.567. The van der Waals surface area contributed by atoms with Crippen molar-refractivity contribution < 1.29 is 33.7 Å². The number of hydrogen-bond donors (Lipinski definition) is 4. The Labute approximate surface area is 268 Å². The lowest BCUT2D eigenvalue weighted by atomic mass is 9.76. The molecule has 46 heavy (non-hydrogen) atoms. The number of carbonyl (C=O) groups excluding carboxylic acids is 3. The van der Waals surface area contributed by atoms with E-state index in [1.54, 1.807) is 6.20 Å². The van der Waals surface area contributed by atoms with Gasteiger partial charge in [0.2, 0.25) is 0 Å². The van der Waals surface area contributed by atoms with Crippen LogP contribution in [-0.4, -0.2) is 66.7 Å². The van der Waals surface area contributed by atoms with Crippen LogP contribution < -0.4 is 16.0 Å². The number of fused-ring (bicyclic) bond motifs is 3. The van der Waals surface area contributed by atoms with Gasteiger partial charge < -0.3 is 35.3 Å². The molecule has 0 radical (unpaired) electrons. The summed E-state index contributed by atoms with van der Waals surface area (Å²) in [5, 5.41) is 21.0. The van der Waals surface area contributed by atoms with E-state index in [0.29, 0.717) is 25.0 Å². The lowest BCUT2D eigenvalue weighted by Crippen LogP contribution is -2.55. The molecule has 1 aliphatic carbocycles. The highest BCUT2D eigenvalue weighted by Gasteiger charge is 2.55. The summed E-state index contributed by atoms with van der Waals surface area (Å²) >= 11 is 0. The summed E-state index contributed by atoms with van der Waals surface area (Å²) in [5.74, 6) is -0.662. The number of ether oxygens (including phenoxy) is 3. The molecule has 0 aromatic heterocycles. The van der Waals surface area contributed by atoms with Gasteiger partial charge in [0.05, 0.1) is 30.7 Å². The molecule has 4 N–H and O–H groups in total. The average molecular weight is 626 g/mol. The Balaban J connectivity index is 1.28. The predicted octanol–water partition coefficient (Wildman–Crippen LogP) is 4.10. The molecule has 3 aromatic carbocycles. The van der Waals surface area contributed by atoms with Gasteiger partial charge in [-0.25, -0.2) is 9.59 Å². The maximum atomic E-state index is 14.7. The molecule has 6 rings (SSSR count). The van der Waals surface area contributed by atoms with E-state index in [1.165, 1.54) is 0 Å². The summed E-state index contributed by atoms with van der Waals surface area (Å²) in [5.41, 5.74) is 2.93. The van der Waals surface area contributed by atoms with Crippen LogP contribution in [0.25, 0.3) is 0 Å². The smallest absolute Gasteiger partial charge is 0.408 e. The van der Waals surface area contributed by atoms with E-state index in [2.05, 4.69) is 16.0 Å². The van der Waals surface area contributed by atoms with E-state index < -0.39 is 41.9 Å². The minimum Gasteiger partial charge on any atom is -0.447 e. The normalized spacial score (nSPS) is 24.1. The van der Waals surface area contributed by atoms with Crippen LogP contribution in [0.3, 0.4) is 0 Å². The fourth-order valence-electron chi connectivity index (χ4n) is 6.88. The molecule has 0 unspecified atom stereocenters. The molecule has 3 aromatic rings. The molecular formula is C36H39N3O7. The van der Waals surface area contributed by atoms with Crippen molar-refractivity contribution in [3.63, 3.8) is 0 Å². The van der Waals surface area contributed by atoms with Crippen molar-refractivity contribution in [3.05, 3.63) is 119 Å². The molecule has 3 aliphatic rings. The van der Waals surface area contributed by atoms with E-state index in [9.17, 15) is 19.5 Å². The van der Waals surface area contributed by atoms with Crippen LogP contribution in [0.1, 0.15) is 47.6 Å². The number of alkyl carbamates (subject to hydrolysis) is 2. The van der Waals surface area contributed by atoms with Crippen LogP contribution in [0.2, 0.25) is 0 Å². The number of aliphatic hydroxyl groups is 1. The molecule has 2 amide bonds. The Morgan fingerprint density at radius 1 is 0.957 bits per heavy atom. The quantitative estimate of drug-likeness (QED) is 0.209. The van der Waals surface area contributed by atoms with E-state index in [0.717, 1.165) is 22.3 Å². The third-order valence-electron chi connectivity index (χ3n) is 9.01. The average Bonchev–Trinajstić information content (AvgIpc) is 3.69. The van der Waals surface area contributed by atoms with Gasteiger partial charge in [0, 0.05) is 31.2 Å². The number of benzene rings is 3. The van der Waals surface area contributed by atoms with Crippen molar-refractivity contribution in [2.75, 3.05) is 19.8 Å². The zero-order chi connectivity index (χ0) is 32.1. The van der Waals surface area contributed by atoms with E-state index in [-0.39, 0.29) is 31.5 Å². The summed E-state index contributed by atoms with van der Waals surface area (Å²) in [6.45, 7) is 2.70. The standard InChI is InChI=1S/C36H39N3O7/c1-2-44-17-18-45-34(42)38-28(19-23-11-5-3-6-12-23)29(40)21-36(20-24-13-7-4-8-14-24)33(41)27(22-37-36)30-25-15-9-10-16-26(25)31-32(30)46-35(43)39-31/h3-16,22,28-32,37,40H,2,17-21H2,1H3,(H,38,42)(H,39,43)/t28-,29-,30-,31-,32+,36-/m0/s1. The molecule has 0 saturated carbocycles. The van der Waals surface area contributed by atoms with Gasteiger partial charge in [0.25, 0.3) is 0 Å². The molecular weight excluding hydrogens is 586 g/mol. The third kappa shape index (κ3) is 6.49. The van der Waals surface area contributed by atoms with Gasteiger partial charge in [-0.2, -0.15) is 0 Å². The maximum Gasteiger partial charge on any atom is 0.408 e. The minimum absolute atomic E-state index is 0.00203. The van der Waals surface area contributed by atoms with Gasteiger partial charge in [-0.15, -0.1) is 0 Å². The highest BCUT2D eigenvalue weighted by Crippen LogP contribution is 2.50. The minimum atomic E-state index is -1.23. The molecule has 2 heterocycles. The molecule has 0 spiro atoms. The van der Waals surface area contributed by atoms with Crippen molar-refractivity contribution >= 4 is 18.0 Å². The first-order valence-corrected chi connectivity index (χ1v) is 15.7. The number of ketones is 1. The molecule has 1 fully saturated rings. The molecule has 10 heteroatoms. The van der Waals surface area contributed by atoms with Gasteiger partial charge in [-0.1, -0.05) is 84.9 Å². The van der Waals surface area contributed by atoms with Gasteiger partial charge in [0.15, 0.2) is 5.78 Å². The molecule has 0 bridgehead atoms. The first kappa shape index (κ1) is 31.3. The summed E-state index contributed by atoms with van der Waals surface area (Å²) in [4.78, 5) is 39.8. The van der Waals surface area contributed by atoms with Crippen molar-refractivity contribution in [2.45, 2.75) is 61.9 Å². The Kier molecular flexibility index (Phi) is 9.37. The Hall–Kier alpha value is -4.67. The van der Waals surface area contributed by atoms with Gasteiger partial charge in [-0.05, 0) is 35.6 Å². The SMILES string of the molecule is CCOCCOC(=O)N[C@@H](Cc1ccccc1)[C@@H](O)C[C@]1(Cc2ccccc2)NC=C([C@@H]2c3ccccc3[C@@H]3NC(=O)O[C@H]23)C1=O. The molecule has 1 saturated heterocycles. The molecule has 2 aliphatic heterocycles. The lowest BCUT2D eigenvalue weighted by Gasteiger charge is -2.35.